The Labute approximate surface area is 259 Å². The Morgan fingerprint density at radius 1 is 1.13 bits per heavy atom. The van der Waals surface area contributed by atoms with E-state index >= 15 is 0 Å². The van der Waals surface area contributed by atoms with E-state index in [2.05, 4.69) is 0 Å². The average molecular weight is 649 g/mol. The van der Waals surface area contributed by atoms with Crippen molar-refractivity contribution in [3.8, 4) is 5.75 Å². The molecule has 252 valence electrons. The van der Waals surface area contributed by atoms with E-state index in [1.807, 2.05) is 12.2 Å². The van der Waals surface area contributed by atoms with Crippen molar-refractivity contribution in [3.63, 3.8) is 0 Å². The zero-order valence-corrected chi connectivity index (χ0v) is 26.7. The minimum Gasteiger partial charge on any atom is -0.476 e. The SMILES string of the molecule is CC(C)N(C(=O)c1cc2c(cc1C(F)(F)F)OC(C)(C)C(=O)N2CCNC(=O)C(F)F)[C@@H]1CC[C@H](C)N(C(=O)OC(C)(C)C)C1. The highest BCUT2D eigenvalue weighted by atomic mass is 19.4. The molecule has 1 aromatic carbocycles. The number of halogens is 5. The van der Waals surface area contributed by atoms with Gasteiger partial charge < -0.3 is 29.5 Å². The Morgan fingerprint density at radius 3 is 2.29 bits per heavy atom. The fourth-order valence-electron chi connectivity index (χ4n) is 5.47. The van der Waals surface area contributed by atoms with Crippen LogP contribution in [0.2, 0.25) is 0 Å². The van der Waals surface area contributed by atoms with Crippen LogP contribution in [0.4, 0.5) is 32.4 Å². The fourth-order valence-corrected chi connectivity index (χ4v) is 5.47. The number of rotatable bonds is 7. The molecule has 15 heteroatoms. The number of piperidine rings is 1. The third-order valence-electron chi connectivity index (χ3n) is 7.55. The van der Waals surface area contributed by atoms with Crippen LogP contribution in [0.25, 0.3) is 0 Å². The Bertz CT molecular complexity index is 1310. The van der Waals surface area contributed by atoms with E-state index in [-0.39, 0.29) is 30.6 Å². The number of ether oxygens (including phenoxy) is 2. The maximum absolute atomic E-state index is 14.5. The molecule has 2 heterocycles. The van der Waals surface area contributed by atoms with E-state index in [1.54, 1.807) is 34.6 Å². The fraction of sp³-hybridized carbons (Fsp3) is 0.667. The number of hydrogen-bond acceptors (Lipinski definition) is 6. The molecule has 10 nitrogen and oxygen atoms in total. The molecule has 0 aromatic heterocycles. The molecular formula is C30H41F5N4O6. The van der Waals surface area contributed by atoms with Gasteiger partial charge in [-0.3, -0.25) is 14.4 Å². The Kier molecular flexibility index (Phi) is 10.3. The van der Waals surface area contributed by atoms with E-state index in [1.165, 1.54) is 23.6 Å². The third-order valence-corrected chi connectivity index (χ3v) is 7.55. The van der Waals surface area contributed by atoms with Gasteiger partial charge in [0.05, 0.1) is 22.9 Å². The Morgan fingerprint density at radius 2 is 1.76 bits per heavy atom. The average Bonchev–Trinajstić information content (AvgIpc) is 2.89. The number of anilines is 1. The molecule has 0 unspecified atom stereocenters. The lowest BCUT2D eigenvalue weighted by atomic mass is 9.94. The minimum atomic E-state index is -5.00. The van der Waals surface area contributed by atoms with Gasteiger partial charge in [0.1, 0.15) is 11.4 Å². The Hall–Kier alpha value is -3.65. The Balaban J connectivity index is 2.07. The molecule has 0 spiro atoms. The van der Waals surface area contributed by atoms with Crippen molar-refractivity contribution in [2.75, 3.05) is 24.5 Å². The largest absolute Gasteiger partial charge is 0.476 e. The van der Waals surface area contributed by atoms with Crippen LogP contribution in [-0.4, -0.2) is 89.0 Å². The smallest absolute Gasteiger partial charge is 0.417 e. The summed E-state index contributed by atoms with van der Waals surface area (Å²) in [5, 5.41) is 1.97. The second-order valence-electron chi connectivity index (χ2n) is 13.0. The molecule has 1 fully saturated rings. The van der Waals surface area contributed by atoms with E-state index < -0.39 is 77.4 Å². The van der Waals surface area contributed by atoms with Crippen LogP contribution in [0.1, 0.15) is 84.2 Å². The summed E-state index contributed by atoms with van der Waals surface area (Å²) in [6.45, 7) is 12.1. The quantitative estimate of drug-likeness (QED) is 0.406. The predicted octanol–water partition coefficient (Wildman–Crippen LogP) is 5.23. The van der Waals surface area contributed by atoms with Gasteiger partial charge in [-0.2, -0.15) is 22.0 Å². The predicted molar refractivity (Wildman–Crippen MR) is 154 cm³/mol. The third kappa shape index (κ3) is 8.15. The summed E-state index contributed by atoms with van der Waals surface area (Å²) in [6, 6.07) is 0.0764. The van der Waals surface area contributed by atoms with Gasteiger partial charge in [0.15, 0.2) is 5.60 Å². The van der Waals surface area contributed by atoms with Crippen molar-refractivity contribution in [1.29, 1.82) is 0 Å². The summed E-state index contributed by atoms with van der Waals surface area (Å²) in [4.78, 5) is 55.5. The van der Waals surface area contributed by atoms with Gasteiger partial charge in [-0.15, -0.1) is 0 Å². The van der Waals surface area contributed by atoms with Gasteiger partial charge in [0, 0.05) is 31.7 Å². The van der Waals surface area contributed by atoms with Gasteiger partial charge >= 0.3 is 18.7 Å². The maximum Gasteiger partial charge on any atom is 0.417 e. The van der Waals surface area contributed by atoms with Gasteiger partial charge in [-0.05, 0) is 80.4 Å². The number of likely N-dealkylation sites (tertiary alicyclic amines) is 1. The second kappa shape index (κ2) is 13.0. The van der Waals surface area contributed by atoms with Crippen LogP contribution >= 0.6 is 0 Å². The lowest BCUT2D eigenvalue weighted by Crippen LogP contribution is -2.57. The molecule has 1 N–H and O–H groups in total. The van der Waals surface area contributed by atoms with Crippen LogP contribution < -0.4 is 15.0 Å². The number of carbonyl (C=O) groups excluding carboxylic acids is 4. The molecule has 4 amide bonds. The highest BCUT2D eigenvalue weighted by Gasteiger charge is 2.46. The van der Waals surface area contributed by atoms with Gasteiger partial charge in [0.25, 0.3) is 17.7 Å². The molecule has 1 saturated heterocycles. The summed E-state index contributed by atoms with van der Waals surface area (Å²) in [6.07, 6.45) is -8.04. The highest BCUT2D eigenvalue weighted by molar-refractivity contribution is 6.05. The lowest BCUT2D eigenvalue weighted by molar-refractivity contribution is -0.138. The summed E-state index contributed by atoms with van der Waals surface area (Å²) in [5.41, 5.74) is -4.65. The van der Waals surface area contributed by atoms with Crippen LogP contribution in [0, 0.1) is 0 Å². The molecule has 2 aliphatic heterocycles. The van der Waals surface area contributed by atoms with Crippen molar-refractivity contribution in [1.82, 2.24) is 15.1 Å². The zero-order valence-electron chi connectivity index (χ0n) is 26.7. The number of alkyl halides is 5. The van der Waals surface area contributed by atoms with E-state index in [0.29, 0.717) is 18.9 Å². The van der Waals surface area contributed by atoms with Crippen LogP contribution in [0.15, 0.2) is 12.1 Å². The molecule has 2 aliphatic rings. The van der Waals surface area contributed by atoms with Gasteiger partial charge in [-0.1, -0.05) is 0 Å². The zero-order chi connectivity index (χ0) is 34.2. The van der Waals surface area contributed by atoms with Gasteiger partial charge in [-0.25, -0.2) is 4.79 Å². The molecule has 2 atom stereocenters. The lowest BCUT2D eigenvalue weighted by Gasteiger charge is -2.44. The molecule has 0 aliphatic carbocycles. The number of fused-ring (bicyclic) bond motifs is 1. The number of carbonyl (C=O) groups is 4. The van der Waals surface area contributed by atoms with Crippen molar-refractivity contribution in [3.05, 3.63) is 23.3 Å². The van der Waals surface area contributed by atoms with Crippen LogP contribution in [-0.2, 0) is 20.5 Å². The monoisotopic (exact) mass is 648 g/mol. The minimum absolute atomic E-state index is 0.0258. The van der Waals surface area contributed by atoms with Gasteiger partial charge in [0.2, 0.25) is 0 Å². The van der Waals surface area contributed by atoms with E-state index in [9.17, 15) is 41.1 Å². The number of hydrogen-bond donors (Lipinski definition) is 1. The number of nitrogens with zero attached hydrogens (tertiary/aromatic N) is 3. The number of benzene rings is 1. The first-order valence-electron chi connectivity index (χ1n) is 14.7. The number of nitrogens with one attached hydrogen (secondary N) is 1. The second-order valence-corrected chi connectivity index (χ2v) is 13.0. The topological polar surface area (TPSA) is 108 Å². The maximum atomic E-state index is 14.5. The van der Waals surface area contributed by atoms with E-state index in [0.717, 1.165) is 11.0 Å². The summed E-state index contributed by atoms with van der Waals surface area (Å²) in [7, 11) is 0. The first-order chi connectivity index (χ1) is 20.5. The van der Waals surface area contributed by atoms with Crippen molar-refractivity contribution < 1.29 is 50.6 Å². The number of amides is 4. The van der Waals surface area contributed by atoms with Crippen molar-refractivity contribution >= 4 is 29.5 Å². The van der Waals surface area contributed by atoms with Crippen LogP contribution in [0.3, 0.4) is 0 Å². The molecule has 0 saturated carbocycles. The molecular weight excluding hydrogens is 607 g/mol. The van der Waals surface area contributed by atoms with E-state index in [4.69, 9.17) is 9.47 Å². The molecule has 45 heavy (non-hydrogen) atoms. The molecule has 1 aromatic rings. The summed E-state index contributed by atoms with van der Waals surface area (Å²) >= 11 is 0. The standard InChI is InChI=1S/C30H41F5N4O6/c1-16(2)39(18-10-9-17(3)38(15-18)27(43)45-28(4,5)6)25(41)19-13-21-22(14-20(19)30(33,34)35)44-29(7,8)26(42)37(21)12-11-36-24(40)23(31)32/h13-14,16-18,23H,9-12,15H2,1-8H3,(H,36,40)/t17-,18+/m0/s1. The van der Waals surface area contributed by atoms with Crippen molar-refractivity contribution in [2.45, 2.75) is 110 Å². The summed E-state index contributed by atoms with van der Waals surface area (Å²) in [5.74, 6) is -3.61. The molecule has 3 rings (SSSR count). The normalized spacial score (nSPS) is 20.1. The van der Waals surface area contributed by atoms with Crippen LogP contribution in [0.5, 0.6) is 5.75 Å². The van der Waals surface area contributed by atoms with Crippen molar-refractivity contribution in [2.24, 2.45) is 0 Å². The first kappa shape index (κ1) is 35.8. The summed E-state index contributed by atoms with van der Waals surface area (Å²) < 4.78 is 80.1. The first-order valence-corrected chi connectivity index (χ1v) is 14.7. The highest BCUT2D eigenvalue weighted by Crippen LogP contribution is 2.44. The molecule has 0 radical (unpaired) electrons. The molecule has 0 bridgehead atoms.